The van der Waals surface area contributed by atoms with Gasteiger partial charge in [0.05, 0.1) is 12.3 Å². The lowest BCUT2D eigenvalue weighted by atomic mass is 10.3. The van der Waals surface area contributed by atoms with Crippen molar-refractivity contribution in [1.82, 2.24) is 5.43 Å². The fourth-order valence-corrected chi connectivity index (χ4v) is 1.51. The molecular formula is C10H18N2O. The standard InChI is InChI=1S/C10H18N2O/c1-9(5-4-8-13)11-12-10-6-2-3-7-10/h4-5,10,12-13H,2-3,6-8H2,1H3/b5-4-,11-9-. The Balaban J connectivity index is 2.24. The van der Waals surface area contributed by atoms with Gasteiger partial charge in [-0.2, -0.15) is 5.10 Å². The molecule has 0 aliphatic heterocycles. The minimum Gasteiger partial charge on any atom is -0.392 e. The lowest BCUT2D eigenvalue weighted by Gasteiger charge is -2.07. The van der Waals surface area contributed by atoms with Crippen molar-refractivity contribution in [3.63, 3.8) is 0 Å². The zero-order valence-corrected chi connectivity index (χ0v) is 8.16. The summed E-state index contributed by atoms with van der Waals surface area (Å²) in [4.78, 5) is 0. The zero-order chi connectivity index (χ0) is 9.52. The molecule has 2 N–H and O–H groups in total. The summed E-state index contributed by atoms with van der Waals surface area (Å²) in [5.41, 5.74) is 4.06. The molecule has 0 bridgehead atoms. The quantitative estimate of drug-likeness (QED) is 0.510. The highest BCUT2D eigenvalue weighted by atomic mass is 16.2. The third kappa shape index (κ3) is 4.08. The Morgan fingerprint density at radius 1 is 1.54 bits per heavy atom. The van der Waals surface area contributed by atoms with Gasteiger partial charge in [-0.3, -0.25) is 0 Å². The van der Waals surface area contributed by atoms with Crippen LogP contribution in [0.3, 0.4) is 0 Å². The number of rotatable bonds is 4. The summed E-state index contributed by atoms with van der Waals surface area (Å²) in [7, 11) is 0. The molecule has 0 heterocycles. The molecule has 0 aromatic heterocycles. The average Bonchev–Trinajstić information content (AvgIpc) is 2.64. The van der Waals surface area contributed by atoms with Crippen LogP contribution in [0.25, 0.3) is 0 Å². The molecule has 0 amide bonds. The van der Waals surface area contributed by atoms with Crippen LogP contribution in [-0.4, -0.2) is 23.5 Å². The normalized spacial score (nSPS) is 20.0. The van der Waals surface area contributed by atoms with Crippen molar-refractivity contribution < 1.29 is 5.11 Å². The summed E-state index contributed by atoms with van der Waals surface area (Å²) in [6, 6.07) is 0.567. The molecule has 0 atom stereocenters. The molecule has 1 rings (SSSR count). The fraction of sp³-hybridized carbons (Fsp3) is 0.700. The Kier molecular flexibility index (Phi) is 4.54. The van der Waals surface area contributed by atoms with E-state index in [0.717, 1.165) is 5.71 Å². The summed E-state index contributed by atoms with van der Waals surface area (Å²) in [6.45, 7) is 2.00. The van der Waals surface area contributed by atoms with E-state index in [4.69, 9.17) is 5.11 Å². The SMILES string of the molecule is CC(/C=C\CO)=N/NC1CCCC1. The lowest BCUT2D eigenvalue weighted by molar-refractivity contribution is 0.343. The van der Waals surface area contributed by atoms with E-state index in [-0.39, 0.29) is 6.61 Å². The molecule has 13 heavy (non-hydrogen) atoms. The smallest absolute Gasteiger partial charge is 0.0616 e. The van der Waals surface area contributed by atoms with Gasteiger partial charge in [0.15, 0.2) is 0 Å². The van der Waals surface area contributed by atoms with Gasteiger partial charge >= 0.3 is 0 Å². The maximum Gasteiger partial charge on any atom is 0.0616 e. The molecule has 74 valence electrons. The van der Waals surface area contributed by atoms with E-state index in [2.05, 4.69) is 10.5 Å². The van der Waals surface area contributed by atoms with Crippen LogP contribution in [0.1, 0.15) is 32.6 Å². The minimum absolute atomic E-state index is 0.0797. The first-order chi connectivity index (χ1) is 6.33. The molecule has 0 unspecified atom stereocenters. The highest BCUT2D eigenvalue weighted by molar-refractivity contribution is 5.92. The van der Waals surface area contributed by atoms with Crippen LogP contribution >= 0.6 is 0 Å². The second-order valence-electron chi connectivity index (χ2n) is 3.45. The van der Waals surface area contributed by atoms with Gasteiger partial charge in [-0.1, -0.05) is 18.9 Å². The number of aliphatic hydroxyl groups excluding tert-OH is 1. The largest absolute Gasteiger partial charge is 0.392 e. The van der Waals surface area contributed by atoms with E-state index in [0.29, 0.717) is 6.04 Å². The molecule has 3 heteroatoms. The predicted octanol–water partition coefficient (Wildman–Crippen LogP) is 1.44. The zero-order valence-electron chi connectivity index (χ0n) is 8.16. The molecule has 0 radical (unpaired) electrons. The van der Waals surface area contributed by atoms with Gasteiger partial charge < -0.3 is 10.5 Å². The Bertz CT molecular complexity index is 193. The van der Waals surface area contributed by atoms with Crippen LogP contribution in [0.5, 0.6) is 0 Å². The van der Waals surface area contributed by atoms with Crippen LogP contribution in [0, 0.1) is 0 Å². The minimum atomic E-state index is 0.0797. The van der Waals surface area contributed by atoms with E-state index >= 15 is 0 Å². The molecule has 1 saturated carbocycles. The van der Waals surface area contributed by atoms with Crippen molar-refractivity contribution in [2.24, 2.45) is 5.10 Å². The molecule has 1 fully saturated rings. The Morgan fingerprint density at radius 3 is 2.85 bits per heavy atom. The summed E-state index contributed by atoms with van der Waals surface area (Å²) in [6.07, 6.45) is 8.62. The molecule has 0 saturated heterocycles. The van der Waals surface area contributed by atoms with Crippen molar-refractivity contribution >= 4 is 5.71 Å². The van der Waals surface area contributed by atoms with Gasteiger partial charge in [0.2, 0.25) is 0 Å². The average molecular weight is 182 g/mol. The number of allylic oxidation sites excluding steroid dienone is 1. The lowest BCUT2D eigenvalue weighted by Crippen LogP contribution is -2.21. The Hall–Kier alpha value is -0.830. The first kappa shape index (κ1) is 10.3. The van der Waals surface area contributed by atoms with E-state index in [1.807, 2.05) is 13.0 Å². The van der Waals surface area contributed by atoms with Gasteiger partial charge in [0, 0.05) is 6.04 Å². The molecule has 1 aliphatic carbocycles. The number of hydrazone groups is 1. The van der Waals surface area contributed by atoms with Crippen LogP contribution in [0.15, 0.2) is 17.3 Å². The predicted molar refractivity (Wildman–Crippen MR) is 54.7 cm³/mol. The topological polar surface area (TPSA) is 44.6 Å². The number of nitrogens with one attached hydrogen (secondary N) is 1. The first-order valence-electron chi connectivity index (χ1n) is 4.90. The summed E-state index contributed by atoms with van der Waals surface area (Å²) in [5, 5.41) is 12.7. The maximum absolute atomic E-state index is 8.53. The molecule has 0 aromatic rings. The highest BCUT2D eigenvalue weighted by Crippen LogP contribution is 2.17. The van der Waals surface area contributed by atoms with Gasteiger partial charge in [0.1, 0.15) is 0 Å². The van der Waals surface area contributed by atoms with Crippen LogP contribution < -0.4 is 5.43 Å². The first-order valence-corrected chi connectivity index (χ1v) is 4.90. The molecular weight excluding hydrogens is 164 g/mol. The van der Waals surface area contributed by atoms with Crippen molar-refractivity contribution in [2.45, 2.75) is 38.6 Å². The monoisotopic (exact) mass is 182 g/mol. The van der Waals surface area contributed by atoms with Crippen molar-refractivity contribution in [3.05, 3.63) is 12.2 Å². The second kappa shape index (κ2) is 5.75. The second-order valence-corrected chi connectivity index (χ2v) is 3.45. The Labute approximate surface area is 79.5 Å². The van der Waals surface area contributed by atoms with Crippen LogP contribution in [-0.2, 0) is 0 Å². The summed E-state index contributed by atoms with van der Waals surface area (Å²) >= 11 is 0. The molecule has 0 aromatic carbocycles. The number of aliphatic hydroxyl groups is 1. The van der Waals surface area contributed by atoms with E-state index in [9.17, 15) is 0 Å². The van der Waals surface area contributed by atoms with Crippen molar-refractivity contribution in [2.75, 3.05) is 6.61 Å². The van der Waals surface area contributed by atoms with Crippen molar-refractivity contribution in [1.29, 1.82) is 0 Å². The van der Waals surface area contributed by atoms with E-state index in [1.54, 1.807) is 6.08 Å². The van der Waals surface area contributed by atoms with E-state index < -0.39 is 0 Å². The third-order valence-corrected chi connectivity index (χ3v) is 2.24. The van der Waals surface area contributed by atoms with Gasteiger partial charge in [0.25, 0.3) is 0 Å². The summed E-state index contributed by atoms with van der Waals surface area (Å²) < 4.78 is 0. The van der Waals surface area contributed by atoms with E-state index in [1.165, 1.54) is 25.7 Å². The van der Waals surface area contributed by atoms with Crippen LogP contribution in [0.4, 0.5) is 0 Å². The number of hydrogen-bond donors (Lipinski definition) is 2. The van der Waals surface area contributed by atoms with Gasteiger partial charge in [-0.05, 0) is 25.8 Å². The third-order valence-electron chi connectivity index (χ3n) is 2.24. The fourth-order valence-electron chi connectivity index (χ4n) is 1.51. The van der Waals surface area contributed by atoms with Gasteiger partial charge in [-0.25, -0.2) is 0 Å². The van der Waals surface area contributed by atoms with Crippen molar-refractivity contribution in [3.8, 4) is 0 Å². The number of hydrogen-bond acceptors (Lipinski definition) is 3. The molecule has 3 nitrogen and oxygen atoms in total. The molecule has 1 aliphatic rings. The van der Waals surface area contributed by atoms with Crippen LogP contribution in [0.2, 0.25) is 0 Å². The number of nitrogens with zero attached hydrogens (tertiary/aromatic N) is 1. The maximum atomic E-state index is 8.53. The van der Waals surface area contributed by atoms with Gasteiger partial charge in [-0.15, -0.1) is 0 Å². The summed E-state index contributed by atoms with van der Waals surface area (Å²) in [5.74, 6) is 0. The molecule has 0 spiro atoms. The highest BCUT2D eigenvalue weighted by Gasteiger charge is 2.12. The Morgan fingerprint density at radius 2 is 2.23 bits per heavy atom.